The van der Waals surface area contributed by atoms with Gasteiger partial charge >= 0.3 is 0 Å². The third-order valence-corrected chi connectivity index (χ3v) is 3.73. The maximum atomic E-state index is 12.1. The smallest absolute Gasteiger partial charge is 0.289 e. The Balaban J connectivity index is 1.90. The molecule has 118 valence electrons. The maximum Gasteiger partial charge on any atom is 0.289 e. The molecule has 5 nitrogen and oxygen atoms in total. The van der Waals surface area contributed by atoms with Gasteiger partial charge in [-0.15, -0.1) is 0 Å². The Kier molecular flexibility index (Phi) is 5.20. The molecular weight excluding hydrogens is 278 g/mol. The van der Waals surface area contributed by atoms with Crippen LogP contribution in [0, 0.1) is 0 Å². The van der Waals surface area contributed by atoms with Crippen molar-refractivity contribution in [3.63, 3.8) is 0 Å². The number of para-hydroxylation sites is 1. The van der Waals surface area contributed by atoms with Crippen molar-refractivity contribution in [2.24, 2.45) is 0 Å². The van der Waals surface area contributed by atoms with Gasteiger partial charge < -0.3 is 14.7 Å². The lowest BCUT2D eigenvalue weighted by molar-refractivity contribution is 0.0914. The molecule has 1 N–H and O–H groups in total. The van der Waals surface area contributed by atoms with Gasteiger partial charge in [0.05, 0.1) is 5.69 Å². The summed E-state index contributed by atoms with van der Waals surface area (Å²) in [5.74, 6) is 0.277. The first-order valence-electron chi connectivity index (χ1n) is 7.51. The highest BCUT2D eigenvalue weighted by Gasteiger charge is 2.16. The molecule has 0 aliphatic carbocycles. The summed E-state index contributed by atoms with van der Waals surface area (Å²) in [6.07, 6.45) is 0. The minimum Gasteiger partial charge on any atom is -0.370 e. The Morgan fingerprint density at radius 3 is 2.55 bits per heavy atom. The SMILES string of the molecule is CC(C)c1cc(C(=O)NCC(C)N(C)c2ccccc2)on1. The lowest BCUT2D eigenvalue weighted by atomic mass is 10.1. The van der Waals surface area contributed by atoms with Crippen molar-refractivity contribution < 1.29 is 9.32 Å². The van der Waals surface area contributed by atoms with Gasteiger partial charge in [0.15, 0.2) is 0 Å². The fraction of sp³-hybridized carbons (Fsp3) is 0.412. The van der Waals surface area contributed by atoms with Gasteiger partial charge in [0.25, 0.3) is 5.91 Å². The van der Waals surface area contributed by atoms with Gasteiger partial charge in [0, 0.05) is 31.4 Å². The number of carbonyl (C=O) groups is 1. The number of hydrogen-bond acceptors (Lipinski definition) is 4. The van der Waals surface area contributed by atoms with Crippen molar-refractivity contribution in [1.82, 2.24) is 10.5 Å². The molecule has 1 unspecified atom stereocenters. The highest BCUT2D eigenvalue weighted by Crippen LogP contribution is 2.15. The predicted molar refractivity (Wildman–Crippen MR) is 87.2 cm³/mol. The molecule has 0 aliphatic heterocycles. The highest BCUT2D eigenvalue weighted by molar-refractivity contribution is 5.91. The maximum absolute atomic E-state index is 12.1. The molecule has 2 rings (SSSR count). The zero-order chi connectivity index (χ0) is 16.1. The van der Waals surface area contributed by atoms with E-state index in [-0.39, 0.29) is 23.6 Å². The number of carbonyl (C=O) groups excluding carboxylic acids is 1. The zero-order valence-electron chi connectivity index (χ0n) is 13.5. The van der Waals surface area contributed by atoms with Crippen molar-refractivity contribution in [1.29, 1.82) is 0 Å². The van der Waals surface area contributed by atoms with E-state index in [2.05, 4.69) is 22.3 Å². The molecule has 1 atom stereocenters. The Labute approximate surface area is 131 Å². The average Bonchev–Trinajstić information content (AvgIpc) is 3.02. The van der Waals surface area contributed by atoms with Crippen LogP contribution in [-0.2, 0) is 0 Å². The van der Waals surface area contributed by atoms with Crippen LogP contribution in [0.2, 0.25) is 0 Å². The summed E-state index contributed by atoms with van der Waals surface area (Å²) in [6, 6.07) is 11.9. The van der Waals surface area contributed by atoms with E-state index in [1.165, 1.54) is 0 Å². The molecule has 0 bridgehead atoms. The molecule has 0 saturated heterocycles. The van der Waals surface area contributed by atoms with Gasteiger partial charge in [-0.25, -0.2) is 0 Å². The predicted octanol–water partition coefficient (Wildman–Crippen LogP) is 3.05. The van der Waals surface area contributed by atoms with E-state index >= 15 is 0 Å². The first-order valence-corrected chi connectivity index (χ1v) is 7.51. The van der Waals surface area contributed by atoms with Gasteiger partial charge in [-0.1, -0.05) is 37.2 Å². The number of rotatable bonds is 6. The Hall–Kier alpha value is -2.30. The first kappa shape index (κ1) is 16.1. The third kappa shape index (κ3) is 3.87. The van der Waals surface area contributed by atoms with Gasteiger partial charge in [-0.2, -0.15) is 0 Å². The fourth-order valence-electron chi connectivity index (χ4n) is 2.05. The number of anilines is 1. The topological polar surface area (TPSA) is 58.4 Å². The van der Waals surface area contributed by atoms with Crippen LogP contribution in [0.25, 0.3) is 0 Å². The largest absolute Gasteiger partial charge is 0.370 e. The Morgan fingerprint density at radius 1 is 1.27 bits per heavy atom. The summed E-state index contributed by atoms with van der Waals surface area (Å²) < 4.78 is 5.09. The van der Waals surface area contributed by atoms with Crippen LogP contribution in [0.15, 0.2) is 40.9 Å². The van der Waals surface area contributed by atoms with Crippen molar-refractivity contribution in [3.05, 3.63) is 47.9 Å². The van der Waals surface area contributed by atoms with E-state index in [9.17, 15) is 4.79 Å². The molecule has 1 aromatic heterocycles. The lowest BCUT2D eigenvalue weighted by Crippen LogP contribution is -2.40. The normalized spacial score (nSPS) is 12.2. The number of aromatic nitrogens is 1. The van der Waals surface area contributed by atoms with E-state index in [1.54, 1.807) is 6.07 Å². The molecule has 0 radical (unpaired) electrons. The third-order valence-electron chi connectivity index (χ3n) is 3.73. The fourth-order valence-corrected chi connectivity index (χ4v) is 2.05. The molecule has 2 aromatic rings. The number of nitrogens with one attached hydrogen (secondary N) is 1. The number of benzene rings is 1. The van der Waals surface area contributed by atoms with Gasteiger partial charge in [-0.05, 0) is 25.0 Å². The quantitative estimate of drug-likeness (QED) is 0.891. The lowest BCUT2D eigenvalue weighted by Gasteiger charge is -2.27. The van der Waals surface area contributed by atoms with E-state index in [4.69, 9.17) is 4.52 Å². The minimum absolute atomic E-state index is 0.166. The summed E-state index contributed by atoms with van der Waals surface area (Å²) in [6.45, 7) is 6.61. The number of amides is 1. The number of hydrogen-bond donors (Lipinski definition) is 1. The van der Waals surface area contributed by atoms with Gasteiger partial charge in [0.1, 0.15) is 0 Å². The summed E-state index contributed by atoms with van der Waals surface area (Å²) in [4.78, 5) is 14.2. The van der Waals surface area contributed by atoms with Crippen LogP contribution in [0.5, 0.6) is 0 Å². The standard InChI is InChI=1S/C17H23N3O2/c1-12(2)15-10-16(22-19-15)17(21)18-11-13(3)20(4)14-8-6-5-7-9-14/h5-10,12-13H,11H2,1-4H3,(H,18,21). The Morgan fingerprint density at radius 2 is 1.95 bits per heavy atom. The summed E-state index contributed by atoms with van der Waals surface area (Å²) >= 11 is 0. The van der Waals surface area contributed by atoms with Gasteiger partial charge in [0.2, 0.25) is 5.76 Å². The Bertz CT molecular complexity index is 607. The van der Waals surface area contributed by atoms with Crippen LogP contribution < -0.4 is 10.2 Å². The molecule has 1 amide bonds. The molecule has 5 heteroatoms. The van der Waals surface area contributed by atoms with E-state index < -0.39 is 0 Å². The van der Waals surface area contributed by atoms with Crippen LogP contribution in [0.1, 0.15) is 42.9 Å². The van der Waals surface area contributed by atoms with Gasteiger partial charge in [-0.3, -0.25) is 4.79 Å². The molecule has 1 aromatic carbocycles. The van der Waals surface area contributed by atoms with Crippen LogP contribution >= 0.6 is 0 Å². The van der Waals surface area contributed by atoms with E-state index in [0.29, 0.717) is 6.54 Å². The molecule has 0 saturated carbocycles. The minimum atomic E-state index is -0.229. The molecular formula is C17H23N3O2. The highest BCUT2D eigenvalue weighted by atomic mass is 16.5. The molecule has 22 heavy (non-hydrogen) atoms. The number of likely N-dealkylation sites (N-methyl/N-ethyl adjacent to an activating group) is 1. The second-order valence-corrected chi connectivity index (χ2v) is 5.78. The monoisotopic (exact) mass is 301 g/mol. The molecule has 0 spiro atoms. The first-order chi connectivity index (χ1) is 10.5. The zero-order valence-corrected chi connectivity index (χ0v) is 13.5. The van der Waals surface area contributed by atoms with E-state index in [1.807, 2.05) is 51.2 Å². The van der Waals surface area contributed by atoms with Crippen LogP contribution in [-0.4, -0.2) is 30.7 Å². The summed E-state index contributed by atoms with van der Waals surface area (Å²) in [5.41, 5.74) is 1.91. The number of nitrogens with zero attached hydrogens (tertiary/aromatic N) is 2. The summed E-state index contributed by atoms with van der Waals surface area (Å²) in [7, 11) is 2.01. The average molecular weight is 301 g/mol. The van der Waals surface area contributed by atoms with Crippen molar-refractivity contribution >= 4 is 11.6 Å². The second-order valence-electron chi connectivity index (χ2n) is 5.78. The van der Waals surface area contributed by atoms with Crippen molar-refractivity contribution in [3.8, 4) is 0 Å². The van der Waals surface area contributed by atoms with E-state index in [0.717, 1.165) is 11.4 Å². The summed E-state index contributed by atoms with van der Waals surface area (Å²) in [5, 5.41) is 6.79. The molecule has 1 heterocycles. The molecule has 0 aliphatic rings. The second kappa shape index (κ2) is 7.11. The van der Waals surface area contributed by atoms with Crippen LogP contribution in [0.3, 0.4) is 0 Å². The van der Waals surface area contributed by atoms with Crippen molar-refractivity contribution in [2.45, 2.75) is 32.7 Å². The van der Waals surface area contributed by atoms with Crippen LogP contribution in [0.4, 0.5) is 5.69 Å². The van der Waals surface area contributed by atoms with Crippen molar-refractivity contribution in [2.75, 3.05) is 18.5 Å². The molecule has 0 fully saturated rings.